The smallest absolute Gasteiger partial charge is 0.236 e. The molecule has 1 amide bonds. The largest absolute Gasteiger partial charge is 0.389 e. The second kappa shape index (κ2) is 6.01. The molecule has 1 saturated heterocycles. The fourth-order valence-corrected chi connectivity index (χ4v) is 3.09. The maximum atomic E-state index is 12.1. The van der Waals surface area contributed by atoms with Crippen LogP contribution >= 0.6 is 0 Å². The molecule has 1 saturated carbocycles. The molecule has 0 atom stereocenters. The molecule has 1 heterocycles. The number of nitrogens with zero attached hydrogens (tertiary/aromatic N) is 2. The molecule has 0 aromatic carbocycles. The quantitative estimate of drug-likeness (QED) is 0.802. The van der Waals surface area contributed by atoms with Crippen molar-refractivity contribution in [2.24, 2.45) is 0 Å². The molecule has 2 rings (SSSR count). The predicted molar refractivity (Wildman–Crippen MR) is 71.7 cm³/mol. The van der Waals surface area contributed by atoms with Crippen LogP contribution in [0.25, 0.3) is 0 Å². The molecule has 2 aliphatic rings. The minimum absolute atomic E-state index is 0.0663. The van der Waals surface area contributed by atoms with Gasteiger partial charge in [-0.15, -0.1) is 0 Å². The van der Waals surface area contributed by atoms with Gasteiger partial charge in [0, 0.05) is 32.5 Å². The first-order valence-corrected chi connectivity index (χ1v) is 7.19. The minimum Gasteiger partial charge on any atom is -0.389 e. The third-order valence-electron chi connectivity index (χ3n) is 4.18. The van der Waals surface area contributed by atoms with Crippen molar-refractivity contribution in [3.05, 3.63) is 0 Å². The van der Waals surface area contributed by atoms with Crippen molar-refractivity contribution in [3.8, 4) is 0 Å². The molecule has 0 aromatic heterocycles. The maximum Gasteiger partial charge on any atom is 0.236 e. The maximum absolute atomic E-state index is 12.1. The monoisotopic (exact) mass is 268 g/mol. The number of hydrogen-bond acceptors (Lipinski definition) is 4. The van der Waals surface area contributed by atoms with Crippen LogP contribution in [0.3, 0.4) is 0 Å². The highest BCUT2D eigenvalue weighted by Gasteiger charge is 2.33. The summed E-state index contributed by atoms with van der Waals surface area (Å²) < 4.78 is 0. The summed E-state index contributed by atoms with van der Waals surface area (Å²) in [5.74, 6) is 0.314. The molecule has 0 spiro atoms. The summed E-state index contributed by atoms with van der Waals surface area (Å²) in [7, 11) is 1.88. The number of rotatable bonds is 4. The van der Waals surface area contributed by atoms with Gasteiger partial charge < -0.3 is 10.0 Å². The van der Waals surface area contributed by atoms with E-state index in [1.54, 1.807) is 4.90 Å². The van der Waals surface area contributed by atoms with E-state index in [4.69, 9.17) is 0 Å². The van der Waals surface area contributed by atoms with Crippen LogP contribution in [-0.2, 0) is 9.59 Å². The first-order chi connectivity index (χ1) is 8.98. The number of aliphatic hydroxyl groups is 1. The average Bonchev–Trinajstić information content (AvgIpc) is 2.76. The van der Waals surface area contributed by atoms with Crippen LogP contribution in [0, 0.1) is 0 Å². The third kappa shape index (κ3) is 4.01. The van der Waals surface area contributed by atoms with Gasteiger partial charge in [-0.1, -0.05) is 12.8 Å². The molecule has 5 heteroatoms. The number of carbonyl (C=O) groups excluding carboxylic acids is 2. The number of likely N-dealkylation sites (N-methyl/N-ethyl adjacent to an activating group) is 1. The van der Waals surface area contributed by atoms with Crippen LogP contribution in [0.2, 0.25) is 0 Å². The van der Waals surface area contributed by atoms with E-state index in [-0.39, 0.29) is 11.7 Å². The summed E-state index contributed by atoms with van der Waals surface area (Å²) in [5, 5.41) is 10.3. The van der Waals surface area contributed by atoms with E-state index in [9.17, 15) is 14.7 Å². The Morgan fingerprint density at radius 1 is 1.32 bits per heavy atom. The fraction of sp³-hybridized carbons (Fsp3) is 0.857. The summed E-state index contributed by atoms with van der Waals surface area (Å²) in [6.45, 7) is 1.99. The molecule has 0 aromatic rings. The van der Waals surface area contributed by atoms with Gasteiger partial charge in [0.05, 0.1) is 12.1 Å². The lowest BCUT2D eigenvalue weighted by Crippen LogP contribution is -2.47. The van der Waals surface area contributed by atoms with Crippen molar-refractivity contribution in [1.82, 2.24) is 9.80 Å². The Balaban J connectivity index is 1.76. The molecular formula is C14H24N2O3. The molecule has 0 radical (unpaired) electrons. The van der Waals surface area contributed by atoms with Gasteiger partial charge in [-0.2, -0.15) is 0 Å². The van der Waals surface area contributed by atoms with Gasteiger partial charge in [0.25, 0.3) is 0 Å². The summed E-state index contributed by atoms with van der Waals surface area (Å²) in [6, 6.07) is 0. The number of amides is 1. The van der Waals surface area contributed by atoms with Crippen LogP contribution in [-0.4, -0.2) is 65.4 Å². The number of carbonyl (C=O) groups is 2. The Morgan fingerprint density at radius 2 is 1.89 bits per heavy atom. The van der Waals surface area contributed by atoms with Gasteiger partial charge in [-0.05, 0) is 19.9 Å². The van der Waals surface area contributed by atoms with E-state index in [1.807, 2.05) is 11.9 Å². The standard InChI is InChI=1S/C14H24N2O3/c1-15(11-14(19)6-2-3-7-14)10-13(18)16-8-4-12(17)5-9-16/h19H,2-11H2,1H3. The summed E-state index contributed by atoms with van der Waals surface area (Å²) in [4.78, 5) is 26.9. The average molecular weight is 268 g/mol. The molecule has 1 N–H and O–H groups in total. The van der Waals surface area contributed by atoms with Crippen molar-refractivity contribution < 1.29 is 14.7 Å². The fourth-order valence-electron chi connectivity index (χ4n) is 3.09. The highest BCUT2D eigenvalue weighted by Crippen LogP contribution is 2.29. The molecule has 0 bridgehead atoms. The summed E-state index contributed by atoms with van der Waals surface area (Å²) in [5.41, 5.74) is -0.604. The van der Waals surface area contributed by atoms with Crippen molar-refractivity contribution in [1.29, 1.82) is 0 Å². The second-order valence-electron chi connectivity index (χ2n) is 6.02. The molecule has 0 unspecified atom stereocenters. The van der Waals surface area contributed by atoms with Gasteiger partial charge in [0.2, 0.25) is 5.91 Å². The Hall–Kier alpha value is -0.940. The van der Waals surface area contributed by atoms with E-state index in [1.165, 1.54) is 0 Å². The molecule has 2 fully saturated rings. The lowest BCUT2D eigenvalue weighted by Gasteiger charge is -2.31. The van der Waals surface area contributed by atoms with Gasteiger partial charge in [0.15, 0.2) is 0 Å². The first-order valence-electron chi connectivity index (χ1n) is 7.19. The van der Waals surface area contributed by atoms with Crippen molar-refractivity contribution >= 4 is 11.7 Å². The molecular weight excluding hydrogens is 244 g/mol. The zero-order chi connectivity index (χ0) is 13.9. The normalized spacial score (nSPS) is 23.1. The van der Waals surface area contributed by atoms with Crippen LogP contribution in [0.1, 0.15) is 38.5 Å². The highest BCUT2D eigenvalue weighted by molar-refractivity contribution is 5.84. The van der Waals surface area contributed by atoms with Gasteiger partial charge in [0.1, 0.15) is 5.78 Å². The molecule has 1 aliphatic carbocycles. The van der Waals surface area contributed by atoms with Crippen LogP contribution in [0.4, 0.5) is 0 Å². The predicted octanol–water partition coefficient (Wildman–Crippen LogP) is 0.415. The molecule has 5 nitrogen and oxygen atoms in total. The van der Waals surface area contributed by atoms with Crippen LogP contribution in [0.15, 0.2) is 0 Å². The van der Waals surface area contributed by atoms with Crippen molar-refractivity contribution in [3.63, 3.8) is 0 Å². The van der Waals surface area contributed by atoms with Gasteiger partial charge in [-0.25, -0.2) is 0 Å². The zero-order valence-corrected chi connectivity index (χ0v) is 11.7. The SMILES string of the molecule is CN(CC(=O)N1CCC(=O)CC1)CC1(O)CCCC1. The molecule has 19 heavy (non-hydrogen) atoms. The Morgan fingerprint density at radius 3 is 2.47 bits per heavy atom. The summed E-state index contributed by atoms with van der Waals surface area (Å²) >= 11 is 0. The highest BCUT2D eigenvalue weighted by atomic mass is 16.3. The number of Topliss-reactive ketones (excluding diaryl/α,β-unsaturated/α-hetero) is 1. The van der Waals surface area contributed by atoms with Gasteiger partial charge >= 0.3 is 0 Å². The van der Waals surface area contributed by atoms with E-state index < -0.39 is 5.60 Å². The number of likely N-dealkylation sites (tertiary alicyclic amines) is 1. The Kier molecular flexibility index (Phi) is 4.58. The topological polar surface area (TPSA) is 60.9 Å². The lowest BCUT2D eigenvalue weighted by molar-refractivity contribution is -0.135. The zero-order valence-electron chi connectivity index (χ0n) is 11.7. The second-order valence-corrected chi connectivity index (χ2v) is 6.02. The van der Waals surface area contributed by atoms with Crippen molar-refractivity contribution in [2.75, 3.05) is 33.2 Å². The van der Waals surface area contributed by atoms with Gasteiger partial charge in [-0.3, -0.25) is 14.5 Å². The van der Waals surface area contributed by atoms with E-state index in [2.05, 4.69) is 0 Å². The van der Waals surface area contributed by atoms with Crippen molar-refractivity contribution in [2.45, 2.75) is 44.1 Å². The van der Waals surface area contributed by atoms with Crippen LogP contribution < -0.4 is 0 Å². The minimum atomic E-state index is -0.604. The number of ketones is 1. The van der Waals surface area contributed by atoms with E-state index >= 15 is 0 Å². The Bertz CT molecular complexity index is 341. The first kappa shape index (κ1) is 14.5. The number of hydrogen-bond donors (Lipinski definition) is 1. The number of piperidine rings is 1. The lowest BCUT2D eigenvalue weighted by atomic mass is 10.0. The van der Waals surface area contributed by atoms with Crippen LogP contribution in [0.5, 0.6) is 0 Å². The Labute approximate surface area is 114 Å². The molecule has 108 valence electrons. The third-order valence-corrected chi connectivity index (χ3v) is 4.18. The van der Waals surface area contributed by atoms with E-state index in [0.29, 0.717) is 39.0 Å². The van der Waals surface area contributed by atoms with E-state index in [0.717, 1.165) is 25.7 Å². The molecule has 1 aliphatic heterocycles. The summed E-state index contributed by atoms with van der Waals surface area (Å²) in [6.07, 6.45) is 4.80.